The van der Waals surface area contributed by atoms with Crippen molar-refractivity contribution in [3.63, 3.8) is 0 Å². The molecule has 0 spiro atoms. The maximum Gasteiger partial charge on any atom is 0.170 e. The van der Waals surface area contributed by atoms with Gasteiger partial charge in [0.15, 0.2) is 11.6 Å². The fourth-order valence-corrected chi connectivity index (χ4v) is 2.39. The molecule has 0 saturated carbocycles. The Morgan fingerprint density at radius 3 is 2.52 bits per heavy atom. The van der Waals surface area contributed by atoms with Crippen molar-refractivity contribution in [1.82, 2.24) is 14.8 Å². The van der Waals surface area contributed by atoms with Crippen LogP contribution in [0.4, 0.5) is 4.39 Å². The number of nitrogens with two attached hydrogens (primary N) is 1. The van der Waals surface area contributed by atoms with E-state index in [0.29, 0.717) is 17.2 Å². The zero-order valence-corrected chi connectivity index (χ0v) is 11.8. The van der Waals surface area contributed by atoms with Gasteiger partial charge in [0.1, 0.15) is 5.82 Å². The first-order valence-corrected chi connectivity index (χ1v) is 6.73. The third-order valence-electron chi connectivity index (χ3n) is 3.10. The van der Waals surface area contributed by atoms with E-state index in [0.717, 1.165) is 5.69 Å². The molecule has 1 heterocycles. The van der Waals surface area contributed by atoms with E-state index in [9.17, 15) is 4.39 Å². The molecule has 0 fully saturated rings. The van der Waals surface area contributed by atoms with Crippen LogP contribution in [0.15, 0.2) is 48.5 Å². The van der Waals surface area contributed by atoms with Crippen LogP contribution in [0, 0.1) is 5.82 Å². The van der Waals surface area contributed by atoms with Crippen LogP contribution in [0.1, 0.15) is 5.82 Å². The summed E-state index contributed by atoms with van der Waals surface area (Å²) in [5, 5.41) is 8.52. The van der Waals surface area contributed by atoms with Crippen molar-refractivity contribution < 1.29 is 4.39 Å². The Bertz CT molecular complexity index is 771. The van der Waals surface area contributed by atoms with E-state index in [1.807, 2.05) is 34.9 Å². The van der Waals surface area contributed by atoms with Crippen LogP contribution in [0.2, 0.25) is 5.02 Å². The lowest BCUT2D eigenvalue weighted by molar-refractivity contribution is 0.628. The number of benzene rings is 2. The topological polar surface area (TPSA) is 56.7 Å². The third-order valence-corrected chi connectivity index (χ3v) is 3.41. The zero-order chi connectivity index (χ0) is 14.8. The second kappa shape index (κ2) is 5.63. The Morgan fingerprint density at radius 1 is 1.10 bits per heavy atom. The number of hydrogen-bond donors (Lipinski definition) is 1. The first-order chi connectivity index (χ1) is 10.2. The molecule has 0 bridgehead atoms. The van der Waals surface area contributed by atoms with Crippen LogP contribution < -0.4 is 5.73 Å². The van der Waals surface area contributed by atoms with E-state index >= 15 is 0 Å². The van der Waals surface area contributed by atoms with Gasteiger partial charge in [0, 0.05) is 11.3 Å². The van der Waals surface area contributed by atoms with E-state index in [4.69, 9.17) is 17.3 Å². The largest absolute Gasteiger partial charge is 0.324 e. The molecule has 4 nitrogen and oxygen atoms in total. The van der Waals surface area contributed by atoms with Crippen molar-refractivity contribution in [2.24, 2.45) is 5.73 Å². The van der Waals surface area contributed by atoms with Gasteiger partial charge in [-0.3, -0.25) is 4.57 Å². The summed E-state index contributed by atoms with van der Waals surface area (Å²) >= 11 is 6.12. The van der Waals surface area contributed by atoms with E-state index in [1.165, 1.54) is 12.1 Å². The fourth-order valence-electron chi connectivity index (χ4n) is 2.14. The maximum absolute atomic E-state index is 13.2. The second-order valence-electron chi connectivity index (χ2n) is 4.44. The summed E-state index contributed by atoms with van der Waals surface area (Å²) in [5.41, 5.74) is 7.20. The number of aromatic nitrogens is 3. The Labute approximate surface area is 126 Å². The quantitative estimate of drug-likeness (QED) is 0.808. The highest BCUT2D eigenvalue weighted by Gasteiger charge is 2.17. The summed E-state index contributed by atoms with van der Waals surface area (Å²) in [6.45, 7) is 0.237. The Balaban J connectivity index is 2.22. The summed E-state index contributed by atoms with van der Waals surface area (Å²) in [7, 11) is 0. The molecule has 106 valence electrons. The van der Waals surface area contributed by atoms with Gasteiger partial charge in [-0.05, 0) is 30.3 Å². The molecule has 0 saturated heterocycles. The van der Waals surface area contributed by atoms with Crippen LogP contribution >= 0.6 is 11.6 Å². The molecular weight excluding hydrogens is 291 g/mol. The minimum absolute atomic E-state index is 0.237. The molecule has 3 aromatic rings. The van der Waals surface area contributed by atoms with Crippen LogP contribution in [0.25, 0.3) is 17.1 Å². The lowest BCUT2D eigenvalue weighted by atomic mass is 10.2. The van der Waals surface area contributed by atoms with Gasteiger partial charge >= 0.3 is 0 Å². The Morgan fingerprint density at radius 2 is 1.86 bits per heavy atom. The first-order valence-electron chi connectivity index (χ1n) is 6.36. The number of halogens is 2. The van der Waals surface area contributed by atoms with Gasteiger partial charge in [-0.15, -0.1) is 10.2 Å². The summed E-state index contributed by atoms with van der Waals surface area (Å²) in [6, 6.07) is 13.8. The highest BCUT2D eigenvalue weighted by Crippen LogP contribution is 2.29. The minimum Gasteiger partial charge on any atom is -0.324 e. The zero-order valence-electron chi connectivity index (χ0n) is 11.0. The standard InChI is InChI=1S/C15H12ClFN4/c16-13-8-10(17)6-7-12(13)15-20-19-14(9-18)21(15)11-4-2-1-3-5-11/h1-8H,9,18H2. The molecule has 0 radical (unpaired) electrons. The van der Waals surface area contributed by atoms with Gasteiger partial charge in [0.05, 0.1) is 11.6 Å². The van der Waals surface area contributed by atoms with Crippen LogP contribution in [-0.4, -0.2) is 14.8 Å². The lowest BCUT2D eigenvalue weighted by Crippen LogP contribution is -2.08. The molecular formula is C15H12ClFN4. The predicted octanol–water partition coefficient (Wildman–Crippen LogP) is 3.19. The van der Waals surface area contributed by atoms with Crippen molar-refractivity contribution in [2.75, 3.05) is 0 Å². The highest BCUT2D eigenvalue weighted by atomic mass is 35.5. The van der Waals surface area contributed by atoms with E-state index < -0.39 is 5.82 Å². The van der Waals surface area contributed by atoms with E-state index in [1.54, 1.807) is 6.07 Å². The molecule has 1 aromatic heterocycles. The molecule has 2 N–H and O–H groups in total. The lowest BCUT2D eigenvalue weighted by Gasteiger charge is -2.10. The van der Waals surface area contributed by atoms with Gasteiger partial charge in [-0.1, -0.05) is 29.8 Å². The van der Waals surface area contributed by atoms with Crippen molar-refractivity contribution in [1.29, 1.82) is 0 Å². The SMILES string of the molecule is NCc1nnc(-c2ccc(F)cc2Cl)n1-c1ccccc1. The molecule has 0 amide bonds. The average Bonchev–Trinajstić information content (AvgIpc) is 2.92. The average molecular weight is 303 g/mol. The number of hydrogen-bond acceptors (Lipinski definition) is 3. The molecule has 0 atom stereocenters. The second-order valence-corrected chi connectivity index (χ2v) is 4.85. The minimum atomic E-state index is -0.395. The number of rotatable bonds is 3. The number of nitrogens with zero attached hydrogens (tertiary/aromatic N) is 3. The van der Waals surface area contributed by atoms with Gasteiger partial charge in [0.25, 0.3) is 0 Å². The molecule has 0 aliphatic heterocycles. The molecule has 21 heavy (non-hydrogen) atoms. The van der Waals surface area contributed by atoms with Gasteiger partial charge in [-0.25, -0.2) is 4.39 Å². The third kappa shape index (κ3) is 2.53. The summed E-state index contributed by atoms with van der Waals surface area (Å²) in [6.07, 6.45) is 0. The van der Waals surface area contributed by atoms with Crippen molar-refractivity contribution in [2.45, 2.75) is 6.54 Å². The molecule has 3 rings (SSSR count). The number of para-hydroxylation sites is 1. The van der Waals surface area contributed by atoms with Crippen LogP contribution in [0.5, 0.6) is 0 Å². The molecule has 0 aliphatic carbocycles. The summed E-state index contributed by atoms with van der Waals surface area (Å²) in [5.74, 6) is 0.747. The maximum atomic E-state index is 13.2. The van der Waals surface area contributed by atoms with Crippen molar-refractivity contribution in [3.05, 3.63) is 65.2 Å². The molecule has 0 aliphatic rings. The van der Waals surface area contributed by atoms with Crippen molar-refractivity contribution >= 4 is 11.6 Å². The normalized spacial score (nSPS) is 10.8. The summed E-state index contributed by atoms with van der Waals surface area (Å²) in [4.78, 5) is 0. The fraction of sp³-hybridized carbons (Fsp3) is 0.0667. The highest BCUT2D eigenvalue weighted by molar-refractivity contribution is 6.33. The van der Waals surface area contributed by atoms with E-state index in [2.05, 4.69) is 10.2 Å². The van der Waals surface area contributed by atoms with Crippen LogP contribution in [0.3, 0.4) is 0 Å². The van der Waals surface area contributed by atoms with Crippen molar-refractivity contribution in [3.8, 4) is 17.1 Å². The summed E-state index contributed by atoms with van der Waals surface area (Å²) < 4.78 is 15.0. The van der Waals surface area contributed by atoms with E-state index in [-0.39, 0.29) is 11.6 Å². The first kappa shape index (κ1) is 13.7. The van der Waals surface area contributed by atoms with Gasteiger partial charge < -0.3 is 5.73 Å². The smallest absolute Gasteiger partial charge is 0.170 e. The molecule has 2 aromatic carbocycles. The molecule has 6 heteroatoms. The van der Waals surface area contributed by atoms with Gasteiger partial charge in [-0.2, -0.15) is 0 Å². The van der Waals surface area contributed by atoms with Crippen LogP contribution in [-0.2, 0) is 6.54 Å². The molecule has 0 unspecified atom stereocenters. The Kier molecular flexibility index (Phi) is 3.68. The van der Waals surface area contributed by atoms with Gasteiger partial charge in [0.2, 0.25) is 0 Å². The predicted molar refractivity (Wildman–Crippen MR) is 79.7 cm³/mol. The Hall–Kier alpha value is -2.24. The monoisotopic (exact) mass is 302 g/mol.